The van der Waals surface area contributed by atoms with E-state index in [9.17, 15) is 14.9 Å². The molecule has 0 radical (unpaired) electrons. The first kappa shape index (κ1) is 17.2. The standard InChI is InChI=1S/C19H16N4O3/c1-21(12-15-4-2-3-14(9-15)11-20)19(24)13-22-8-7-16-10-17(23(25)26)5-6-18(16)22/h2-10H,12-13H2,1H3. The third-order valence-electron chi connectivity index (χ3n) is 4.17. The van der Waals surface area contributed by atoms with Crippen molar-refractivity contribution in [2.45, 2.75) is 13.1 Å². The summed E-state index contributed by atoms with van der Waals surface area (Å²) in [6.45, 7) is 0.536. The van der Waals surface area contributed by atoms with Crippen molar-refractivity contribution in [1.82, 2.24) is 9.47 Å². The second-order valence-electron chi connectivity index (χ2n) is 6.01. The SMILES string of the molecule is CN(Cc1cccc(C#N)c1)C(=O)Cn1ccc2cc([N+](=O)[O-])ccc21. The van der Waals surface area contributed by atoms with Crippen LogP contribution >= 0.6 is 0 Å². The van der Waals surface area contributed by atoms with Crippen LogP contribution in [0.4, 0.5) is 5.69 Å². The predicted octanol–water partition coefficient (Wildman–Crippen LogP) is 3.08. The number of carbonyl (C=O) groups is 1. The number of hydrogen-bond acceptors (Lipinski definition) is 4. The number of carbonyl (C=O) groups excluding carboxylic acids is 1. The van der Waals surface area contributed by atoms with Crippen molar-refractivity contribution < 1.29 is 9.72 Å². The van der Waals surface area contributed by atoms with E-state index < -0.39 is 4.92 Å². The van der Waals surface area contributed by atoms with Crippen LogP contribution in [0.3, 0.4) is 0 Å². The van der Waals surface area contributed by atoms with Gasteiger partial charge in [0.15, 0.2) is 0 Å². The fourth-order valence-corrected chi connectivity index (χ4v) is 2.81. The number of nitriles is 1. The normalized spacial score (nSPS) is 10.5. The fourth-order valence-electron chi connectivity index (χ4n) is 2.81. The number of non-ortho nitro benzene ring substituents is 1. The number of likely N-dealkylation sites (N-methyl/N-ethyl adjacent to an activating group) is 1. The highest BCUT2D eigenvalue weighted by atomic mass is 16.6. The maximum absolute atomic E-state index is 12.5. The molecule has 0 fully saturated rings. The van der Waals surface area contributed by atoms with E-state index in [4.69, 9.17) is 5.26 Å². The van der Waals surface area contributed by atoms with Crippen LogP contribution in [0.25, 0.3) is 10.9 Å². The minimum absolute atomic E-state index is 0.0241. The number of aromatic nitrogens is 1. The molecule has 0 saturated carbocycles. The van der Waals surface area contributed by atoms with Gasteiger partial charge in [-0.25, -0.2) is 0 Å². The molecule has 3 aromatic rings. The Morgan fingerprint density at radius 3 is 2.81 bits per heavy atom. The first-order valence-corrected chi connectivity index (χ1v) is 7.94. The first-order valence-electron chi connectivity index (χ1n) is 7.94. The van der Waals surface area contributed by atoms with E-state index in [-0.39, 0.29) is 18.1 Å². The van der Waals surface area contributed by atoms with Crippen molar-refractivity contribution in [2.75, 3.05) is 7.05 Å². The molecule has 26 heavy (non-hydrogen) atoms. The van der Waals surface area contributed by atoms with Gasteiger partial charge in [-0.2, -0.15) is 5.26 Å². The lowest BCUT2D eigenvalue weighted by atomic mass is 10.1. The highest BCUT2D eigenvalue weighted by Crippen LogP contribution is 2.22. The maximum atomic E-state index is 12.5. The van der Waals surface area contributed by atoms with E-state index in [0.717, 1.165) is 16.5 Å². The van der Waals surface area contributed by atoms with Crippen LogP contribution in [0, 0.1) is 21.4 Å². The Balaban J connectivity index is 1.74. The zero-order chi connectivity index (χ0) is 18.7. The van der Waals surface area contributed by atoms with Gasteiger partial charge in [-0.1, -0.05) is 12.1 Å². The Morgan fingerprint density at radius 2 is 2.08 bits per heavy atom. The van der Waals surface area contributed by atoms with Crippen molar-refractivity contribution in [3.63, 3.8) is 0 Å². The summed E-state index contributed by atoms with van der Waals surface area (Å²) in [4.78, 5) is 24.5. The van der Waals surface area contributed by atoms with E-state index in [1.807, 2.05) is 6.07 Å². The average molecular weight is 348 g/mol. The van der Waals surface area contributed by atoms with Gasteiger partial charge in [-0.15, -0.1) is 0 Å². The lowest BCUT2D eigenvalue weighted by Crippen LogP contribution is -2.29. The highest BCUT2D eigenvalue weighted by molar-refractivity contribution is 5.85. The molecule has 0 aliphatic carbocycles. The lowest BCUT2D eigenvalue weighted by molar-refractivity contribution is -0.384. The van der Waals surface area contributed by atoms with Crippen molar-refractivity contribution >= 4 is 22.5 Å². The second-order valence-corrected chi connectivity index (χ2v) is 6.01. The minimum atomic E-state index is -0.439. The van der Waals surface area contributed by atoms with Crippen LogP contribution in [-0.2, 0) is 17.9 Å². The van der Waals surface area contributed by atoms with Gasteiger partial charge >= 0.3 is 0 Å². The highest BCUT2D eigenvalue weighted by Gasteiger charge is 2.13. The fraction of sp³-hybridized carbons (Fsp3) is 0.158. The number of rotatable bonds is 5. The zero-order valence-corrected chi connectivity index (χ0v) is 14.1. The van der Waals surface area contributed by atoms with Gasteiger partial charge in [0.25, 0.3) is 5.69 Å². The van der Waals surface area contributed by atoms with E-state index in [0.29, 0.717) is 12.1 Å². The molecule has 0 aliphatic rings. The molecule has 0 saturated heterocycles. The molecule has 7 heteroatoms. The summed E-state index contributed by atoms with van der Waals surface area (Å²) in [6.07, 6.45) is 1.75. The number of fused-ring (bicyclic) bond motifs is 1. The molecule has 130 valence electrons. The summed E-state index contributed by atoms with van der Waals surface area (Å²) < 4.78 is 1.77. The van der Waals surface area contributed by atoms with Gasteiger partial charge in [0.1, 0.15) is 6.54 Å². The first-order chi connectivity index (χ1) is 12.5. The Bertz CT molecular complexity index is 1030. The number of amides is 1. The molecule has 0 aliphatic heterocycles. The van der Waals surface area contributed by atoms with E-state index in [2.05, 4.69) is 6.07 Å². The molecule has 0 spiro atoms. The van der Waals surface area contributed by atoms with Crippen LogP contribution in [-0.4, -0.2) is 27.3 Å². The third-order valence-corrected chi connectivity index (χ3v) is 4.17. The average Bonchev–Trinajstić information content (AvgIpc) is 3.03. The molecule has 1 heterocycles. The maximum Gasteiger partial charge on any atom is 0.270 e. The molecule has 7 nitrogen and oxygen atoms in total. The van der Waals surface area contributed by atoms with Crippen LogP contribution in [0.1, 0.15) is 11.1 Å². The smallest absolute Gasteiger partial charge is 0.270 e. The van der Waals surface area contributed by atoms with Crippen molar-refractivity contribution in [2.24, 2.45) is 0 Å². The van der Waals surface area contributed by atoms with Crippen LogP contribution in [0.2, 0.25) is 0 Å². The Hall–Kier alpha value is -3.66. The van der Waals surface area contributed by atoms with Crippen molar-refractivity contribution in [1.29, 1.82) is 5.26 Å². The largest absolute Gasteiger partial charge is 0.340 e. The van der Waals surface area contributed by atoms with Gasteiger partial charge in [-0.3, -0.25) is 14.9 Å². The Kier molecular flexibility index (Phi) is 4.67. The predicted molar refractivity (Wildman–Crippen MR) is 96.2 cm³/mol. The van der Waals surface area contributed by atoms with Gasteiger partial charge < -0.3 is 9.47 Å². The lowest BCUT2D eigenvalue weighted by Gasteiger charge is -2.18. The van der Waals surface area contributed by atoms with Crippen LogP contribution in [0.15, 0.2) is 54.7 Å². The third kappa shape index (κ3) is 3.54. The van der Waals surface area contributed by atoms with Gasteiger partial charge in [0.2, 0.25) is 5.91 Å². The second kappa shape index (κ2) is 7.07. The topological polar surface area (TPSA) is 92.2 Å². The van der Waals surface area contributed by atoms with E-state index >= 15 is 0 Å². The van der Waals surface area contributed by atoms with Crippen LogP contribution in [0.5, 0.6) is 0 Å². The molecule has 1 amide bonds. The molecule has 0 unspecified atom stereocenters. The molecule has 0 N–H and O–H groups in total. The zero-order valence-electron chi connectivity index (χ0n) is 14.1. The van der Waals surface area contributed by atoms with Gasteiger partial charge in [0, 0.05) is 42.8 Å². The molecule has 0 atom stereocenters. The monoisotopic (exact) mass is 348 g/mol. The summed E-state index contributed by atoms with van der Waals surface area (Å²) in [5.74, 6) is -0.0942. The van der Waals surface area contributed by atoms with Crippen molar-refractivity contribution in [3.05, 3.63) is 76.0 Å². The number of nitro groups is 1. The minimum Gasteiger partial charge on any atom is -0.340 e. The van der Waals surface area contributed by atoms with Crippen molar-refractivity contribution in [3.8, 4) is 6.07 Å². The summed E-state index contributed by atoms with van der Waals surface area (Å²) in [5, 5.41) is 20.5. The summed E-state index contributed by atoms with van der Waals surface area (Å²) >= 11 is 0. The molecular formula is C19H16N4O3. The Labute approximate surface area is 149 Å². The summed E-state index contributed by atoms with van der Waals surface area (Å²) in [6, 6.07) is 15.6. The number of hydrogen-bond donors (Lipinski definition) is 0. The molecule has 0 bridgehead atoms. The summed E-state index contributed by atoms with van der Waals surface area (Å²) in [5.41, 5.74) is 2.23. The molecular weight excluding hydrogens is 332 g/mol. The Morgan fingerprint density at radius 1 is 1.27 bits per heavy atom. The van der Waals surface area contributed by atoms with E-state index in [1.165, 1.54) is 12.1 Å². The molecule has 2 aromatic carbocycles. The molecule has 1 aromatic heterocycles. The number of nitro benzene ring substituents is 1. The van der Waals surface area contributed by atoms with Crippen LogP contribution < -0.4 is 0 Å². The summed E-state index contributed by atoms with van der Waals surface area (Å²) in [7, 11) is 1.71. The van der Waals surface area contributed by atoms with Gasteiger partial charge in [0.05, 0.1) is 16.6 Å². The molecule has 3 rings (SSSR count). The van der Waals surface area contributed by atoms with E-state index in [1.54, 1.807) is 53.0 Å². The quantitative estimate of drug-likeness (QED) is 0.523. The number of benzene rings is 2. The van der Waals surface area contributed by atoms with Gasteiger partial charge in [-0.05, 0) is 29.8 Å². The number of nitrogens with zero attached hydrogens (tertiary/aromatic N) is 4.